The summed E-state index contributed by atoms with van der Waals surface area (Å²) in [6.07, 6.45) is -3.80. The first kappa shape index (κ1) is 14.4. The van der Waals surface area contributed by atoms with Gasteiger partial charge in [0.25, 0.3) is 0 Å². The molecule has 19 heavy (non-hydrogen) atoms. The van der Waals surface area contributed by atoms with Crippen molar-refractivity contribution in [3.63, 3.8) is 0 Å². The van der Waals surface area contributed by atoms with Gasteiger partial charge in [-0.2, -0.15) is 10.5 Å². The summed E-state index contributed by atoms with van der Waals surface area (Å²) in [5.41, 5.74) is 0.445. The van der Waals surface area contributed by atoms with E-state index >= 15 is 0 Å². The molecule has 4 nitrogen and oxygen atoms in total. The van der Waals surface area contributed by atoms with E-state index in [1.54, 1.807) is 19.1 Å². The number of allylic oxidation sites excluding steroid dienone is 1. The molecule has 0 fully saturated rings. The normalized spacial score (nSPS) is 10.0. The molecule has 0 bridgehead atoms. The van der Waals surface area contributed by atoms with E-state index < -0.39 is 12.1 Å². The Hall–Kier alpha value is -2.67. The summed E-state index contributed by atoms with van der Waals surface area (Å²) in [7, 11) is 0. The van der Waals surface area contributed by atoms with E-state index in [2.05, 4.69) is 10.1 Å². The molecule has 0 amide bonds. The Morgan fingerprint density at radius 1 is 1.32 bits per heavy atom. The molecule has 98 valence electrons. The van der Waals surface area contributed by atoms with Crippen LogP contribution in [0.2, 0.25) is 0 Å². The minimum absolute atomic E-state index is 0.0142. The molecule has 0 aliphatic rings. The highest BCUT2D eigenvalue weighted by Gasteiger charge is 2.32. The Labute approximate surface area is 107 Å². The summed E-state index contributed by atoms with van der Waals surface area (Å²) >= 11 is 0. The van der Waals surface area contributed by atoms with Gasteiger partial charge in [-0.3, -0.25) is 0 Å². The van der Waals surface area contributed by atoms with Crippen LogP contribution in [-0.2, 0) is 0 Å². The number of halogens is 3. The minimum Gasteiger partial charge on any atom is -0.404 e. The first-order chi connectivity index (χ1) is 8.85. The van der Waals surface area contributed by atoms with Crippen molar-refractivity contribution in [2.45, 2.75) is 13.3 Å². The Bertz CT molecular complexity index is 563. The third kappa shape index (κ3) is 4.60. The number of alkyl halides is 3. The number of nitrogens with zero attached hydrogens (tertiary/aromatic N) is 2. The highest BCUT2D eigenvalue weighted by atomic mass is 19.4. The van der Waals surface area contributed by atoms with Crippen molar-refractivity contribution in [1.29, 1.82) is 10.5 Å². The average Bonchev–Trinajstić information content (AvgIpc) is 2.32. The maximum atomic E-state index is 12.2. The van der Waals surface area contributed by atoms with Crippen molar-refractivity contribution in [1.82, 2.24) is 0 Å². The molecule has 1 N–H and O–H groups in total. The van der Waals surface area contributed by atoms with Crippen LogP contribution in [0.1, 0.15) is 5.56 Å². The zero-order valence-corrected chi connectivity index (χ0v) is 9.75. The van der Waals surface area contributed by atoms with Crippen molar-refractivity contribution >= 4 is 5.69 Å². The van der Waals surface area contributed by atoms with E-state index in [1.165, 1.54) is 12.1 Å². The van der Waals surface area contributed by atoms with Gasteiger partial charge >= 0.3 is 6.36 Å². The summed E-state index contributed by atoms with van der Waals surface area (Å²) in [6, 6.07) is 7.16. The summed E-state index contributed by atoms with van der Waals surface area (Å²) in [5, 5.41) is 19.5. The number of ether oxygens (including phenoxy) is 1. The van der Waals surface area contributed by atoms with Gasteiger partial charge in [0.1, 0.15) is 17.7 Å². The van der Waals surface area contributed by atoms with Gasteiger partial charge in [0.2, 0.25) is 0 Å². The molecule has 1 aromatic rings. The summed E-state index contributed by atoms with van der Waals surface area (Å²) in [6.45, 7) is 1.68. The molecule has 0 aliphatic carbocycles. The Kier molecular flexibility index (Phi) is 4.38. The fourth-order valence-electron chi connectivity index (χ4n) is 1.21. The van der Waals surface area contributed by atoms with Gasteiger partial charge in [-0.05, 0) is 24.6 Å². The summed E-state index contributed by atoms with van der Waals surface area (Å²) < 4.78 is 40.4. The van der Waals surface area contributed by atoms with Crippen molar-refractivity contribution in [2.75, 3.05) is 5.32 Å². The summed E-state index contributed by atoms with van der Waals surface area (Å²) in [5.74, 6) is -0.440. The van der Waals surface area contributed by atoms with Gasteiger partial charge in [0.15, 0.2) is 5.75 Å². The van der Waals surface area contributed by atoms with Crippen molar-refractivity contribution in [3.8, 4) is 17.9 Å². The minimum atomic E-state index is -4.82. The molecule has 0 saturated heterocycles. The lowest BCUT2D eigenvalue weighted by molar-refractivity contribution is -0.274. The second-order valence-electron chi connectivity index (χ2n) is 3.47. The van der Waals surface area contributed by atoms with Gasteiger partial charge in [0.05, 0.1) is 5.69 Å². The third-order valence-corrected chi connectivity index (χ3v) is 1.97. The second-order valence-corrected chi connectivity index (χ2v) is 3.47. The van der Waals surface area contributed by atoms with Gasteiger partial charge in [-0.25, -0.2) is 0 Å². The molecular weight excluding hydrogens is 259 g/mol. The van der Waals surface area contributed by atoms with Crippen molar-refractivity contribution < 1.29 is 17.9 Å². The number of hydrogen-bond acceptors (Lipinski definition) is 4. The number of nitrogens with one attached hydrogen (secondary N) is 1. The van der Waals surface area contributed by atoms with Crippen molar-refractivity contribution in [3.05, 3.63) is 35.5 Å². The second kappa shape index (κ2) is 5.78. The number of hydrogen-bond donors (Lipinski definition) is 1. The van der Waals surface area contributed by atoms with E-state index in [0.29, 0.717) is 5.56 Å². The monoisotopic (exact) mass is 267 g/mol. The molecular formula is C12H8F3N3O. The van der Waals surface area contributed by atoms with Gasteiger partial charge in [-0.15, -0.1) is 13.2 Å². The quantitative estimate of drug-likeness (QED) is 0.853. The molecule has 0 aliphatic heterocycles. The third-order valence-electron chi connectivity index (χ3n) is 1.97. The fourth-order valence-corrected chi connectivity index (χ4v) is 1.21. The Morgan fingerprint density at radius 2 is 1.95 bits per heavy atom. The molecule has 0 radical (unpaired) electrons. The van der Waals surface area contributed by atoms with Crippen LogP contribution in [0, 0.1) is 29.6 Å². The first-order valence-corrected chi connectivity index (χ1v) is 4.99. The molecule has 1 rings (SSSR count). The smallest absolute Gasteiger partial charge is 0.404 e. The molecule has 0 heterocycles. The van der Waals surface area contributed by atoms with Crippen LogP contribution in [0.5, 0.6) is 5.75 Å². The molecule has 0 unspecified atom stereocenters. The van der Waals surface area contributed by atoms with E-state index in [4.69, 9.17) is 10.5 Å². The number of aryl methyl sites for hydroxylation is 1. The van der Waals surface area contributed by atoms with Crippen molar-refractivity contribution in [2.24, 2.45) is 0 Å². The predicted octanol–water partition coefficient (Wildman–Crippen LogP) is 3.24. The molecule has 0 atom stereocenters. The maximum absolute atomic E-state index is 12.2. The van der Waals surface area contributed by atoms with Gasteiger partial charge in [-0.1, -0.05) is 6.07 Å². The van der Waals surface area contributed by atoms with Crippen LogP contribution in [0.3, 0.4) is 0 Å². The lowest BCUT2D eigenvalue weighted by atomic mass is 10.2. The zero-order valence-electron chi connectivity index (χ0n) is 9.75. The fraction of sp³-hybridized carbons (Fsp3) is 0.167. The highest BCUT2D eigenvalue weighted by Crippen LogP contribution is 2.31. The van der Waals surface area contributed by atoms with E-state index in [9.17, 15) is 13.2 Å². The van der Waals surface area contributed by atoms with Crippen LogP contribution < -0.4 is 10.1 Å². The predicted molar refractivity (Wildman–Crippen MR) is 60.8 cm³/mol. The highest BCUT2D eigenvalue weighted by molar-refractivity contribution is 5.60. The number of anilines is 1. The number of nitriles is 2. The lowest BCUT2D eigenvalue weighted by Crippen LogP contribution is -2.17. The van der Waals surface area contributed by atoms with E-state index in [1.807, 2.05) is 0 Å². The number of benzene rings is 1. The first-order valence-electron chi connectivity index (χ1n) is 4.99. The Morgan fingerprint density at radius 3 is 2.47 bits per heavy atom. The largest absolute Gasteiger partial charge is 0.573 e. The van der Waals surface area contributed by atoms with Gasteiger partial charge in [0, 0.05) is 6.20 Å². The maximum Gasteiger partial charge on any atom is 0.573 e. The lowest BCUT2D eigenvalue weighted by Gasteiger charge is -2.13. The molecule has 7 heteroatoms. The molecule has 0 saturated carbocycles. The van der Waals surface area contributed by atoms with Crippen LogP contribution in [-0.4, -0.2) is 6.36 Å². The molecule has 1 aromatic carbocycles. The van der Waals surface area contributed by atoms with Crippen LogP contribution >= 0.6 is 0 Å². The molecule has 0 aromatic heterocycles. The van der Waals surface area contributed by atoms with Crippen LogP contribution in [0.4, 0.5) is 18.9 Å². The van der Waals surface area contributed by atoms with Gasteiger partial charge < -0.3 is 10.1 Å². The SMILES string of the molecule is Cc1ccc(OC(F)(F)F)c(NC=C(C#N)C#N)c1. The molecule has 0 spiro atoms. The average molecular weight is 267 g/mol. The standard InChI is InChI=1S/C12H8F3N3O/c1-8-2-3-11(19-12(13,14)15)10(4-8)18-7-9(5-16)6-17/h2-4,7,18H,1H3. The topological polar surface area (TPSA) is 68.8 Å². The van der Waals surface area contributed by atoms with Crippen LogP contribution in [0.25, 0.3) is 0 Å². The number of rotatable bonds is 3. The van der Waals surface area contributed by atoms with E-state index in [0.717, 1.165) is 12.3 Å². The zero-order chi connectivity index (χ0) is 14.5. The Balaban J connectivity index is 3.06. The summed E-state index contributed by atoms with van der Waals surface area (Å²) in [4.78, 5) is 0. The van der Waals surface area contributed by atoms with E-state index in [-0.39, 0.29) is 11.3 Å². The van der Waals surface area contributed by atoms with Crippen LogP contribution in [0.15, 0.2) is 30.0 Å².